The highest BCUT2D eigenvalue weighted by molar-refractivity contribution is 5.77. The van der Waals surface area contributed by atoms with E-state index in [1.807, 2.05) is 42.5 Å². The van der Waals surface area contributed by atoms with Crippen LogP contribution in [0.1, 0.15) is 6.42 Å². The lowest BCUT2D eigenvalue weighted by atomic mass is 10.3. The van der Waals surface area contributed by atoms with E-state index in [9.17, 15) is 4.79 Å². The highest BCUT2D eigenvalue weighted by Gasteiger charge is 2.00. The summed E-state index contributed by atoms with van der Waals surface area (Å²) in [7, 11) is 3.45. The minimum absolute atomic E-state index is 0.653. The summed E-state index contributed by atoms with van der Waals surface area (Å²) < 4.78 is 4.92. The molecule has 0 unspecified atom stereocenters. The van der Waals surface area contributed by atoms with Crippen LogP contribution >= 0.6 is 0 Å². The fraction of sp³-hybridized carbons (Fsp3) is 0.350. The summed E-state index contributed by atoms with van der Waals surface area (Å²) in [4.78, 5) is 23.6. The summed E-state index contributed by atoms with van der Waals surface area (Å²) in [6.45, 7) is 3.03. The second kappa shape index (κ2) is 12.3. The Labute approximate surface area is 165 Å². The number of para-hydroxylation sites is 2. The normalized spacial score (nSPS) is 10.1. The Bertz CT molecular complexity index is 776. The number of amides is 1. The molecule has 0 fully saturated rings. The van der Waals surface area contributed by atoms with Crippen molar-refractivity contribution in [3.63, 3.8) is 0 Å². The van der Waals surface area contributed by atoms with Gasteiger partial charge in [-0.05, 0) is 30.7 Å². The lowest BCUT2D eigenvalue weighted by Crippen LogP contribution is -2.23. The van der Waals surface area contributed by atoms with Crippen LogP contribution in [0.5, 0.6) is 0 Å². The van der Waals surface area contributed by atoms with Gasteiger partial charge in [-0.25, -0.2) is 9.97 Å². The van der Waals surface area contributed by atoms with Crippen LogP contribution in [0.15, 0.2) is 48.7 Å². The van der Waals surface area contributed by atoms with Crippen molar-refractivity contribution >= 4 is 29.2 Å². The van der Waals surface area contributed by atoms with Crippen molar-refractivity contribution in [3.05, 3.63) is 48.7 Å². The Balaban J connectivity index is 0.000000209. The smallest absolute Gasteiger partial charge is 0.209 e. The largest absolute Gasteiger partial charge is 0.385 e. The molecule has 0 aliphatic carbocycles. The summed E-state index contributed by atoms with van der Waals surface area (Å²) in [5, 5.41) is 6.32. The van der Waals surface area contributed by atoms with Gasteiger partial charge < -0.3 is 25.3 Å². The number of pyridine rings is 1. The van der Waals surface area contributed by atoms with Crippen LogP contribution in [-0.4, -0.2) is 66.7 Å². The minimum atomic E-state index is 0.653. The standard InChI is InChI=1S/C11H14N4O.C9H14N2O/c1-15(8-16)7-6-12-11-13-9-4-2-3-5-10(9)14-11;1-12-8-4-7-11-9-5-2-3-6-10-9/h2-5,8H,6-7H2,1H3,(H2,12,13,14);2-3,5-6H,4,7-8H2,1H3,(H,10,11). The maximum Gasteiger partial charge on any atom is 0.209 e. The van der Waals surface area contributed by atoms with Crippen molar-refractivity contribution in [1.82, 2.24) is 19.9 Å². The molecule has 3 N–H and O–H groups in total. The number of hydrogen-bond donors (Lipinski definition) is 3. The molecule has 3 aromatic rings. The molecule has 8 nitrogen and oxygen atoms in total. The number of likely N-dealkylation sites (N-methyl/N-ethyl adjacent to an activating group) is 1. The van der Waals surface area contributed by atoms with E-state index in [-0.39, 0.29) is 0 Å². The predicted octanol–water partition coefficient (Wildman–Crippen LogP) is 2.59. The maximum absolute atomic E-state index is 10.4. The summed E-state index contributed by atoms with van der Waals surface area (Å²) in [6, 6.07) is 13.7. The first-order chi connectivity index (χ1) is 13.7. The molecule has 28 heavy (non-hydrogen) atoms. The molecule has 2 heterocycles. The van der Waals surface area contributed by atoms with Gasteiger partial charge in [-0.1, -0.05) is 18.2 Å². The first-order valence-corrected chi connectivity index (χ1v) is 9.21. The highest BCUT2D eigenvalue weighted by Crippen LogP contribution is 2.12. The lowest BCUT2D eigenvalue weighted by molar-refractivity contribution is -0.116. The van der Waals surface area contributed by atoms with Crippen LogP contribution in [0.4, 0.5) is 11.8 Å². The number of carbonyl (C=O) groups is 1. The molecule has 0 aliphatic rings. The topological polar surface area (TPSA) is 95.2 Å². The number of benzene rings is 1. The van der Waals surface area contributed by atoms with E-state index in [1.165, 1.54) is 0 Å². The van der Waals surface area contributed by atoms with E-state index in [1.54, 1.807) is 25.3 Å². The molecule has 0 radical (unpaired) electrons. The number of aromatic amines is 1. The molecule has 0 spiro atoms. The van der Waals surface area contributed by atoms with Crippen molar-refractivity contribution in [2.45, 2.75) is 6.42 Å². The number of imidazole rings is 1. The minimum Gasteiger partial charge on any atom is -0.385 e. The number of rotatable bonds is 10. The van der Waals surface area contributed by atoms with E-state index in [2.05, 4.69) is 25.6 Å². The highest BCUT2D eigenvalue weighted by atomic mass is 16.5. The van der Waals surface area contributed by atoms with Gasteiger partial charge in [-0.3, -0.25) is 4.79 Å². The monoisotopic (exact) mass is 384 g/mol. The Kier molecular flexibility index (Phi) is 9.30. The molecule has 2 aromatic heterocycles. The average molecular weight is 384 g/mol. The van der Waals surface area contributed by atoms with Crippen molar-refractivity contribution in [2.75, 3.05) is 51.0 Å². The SMILES string of the molecule is CN(C=O)CCNc1nc2ccccc2[nH]1.COCCCNc1ccccn1. The van der Waals surface area contributed by atoms with Gasteiger partial charge in [0.2, 0.25) is 12.4 Å². The van der Waals surface area contributed by atoms with Gasteiger partial charge in [-0.15, -0.1) is 0 Å². The predicted molar refractivity (Wildman–Crippen MR) is 112 cm³/mol. The molecule has 0 saturated heterocycles. The lowest BCUT2D eigenvalue weighted by Gasteiger charge is -2.09. The van der Waals surface area contributed by atoms with E-state index < -0.39 is 0 Å². The molecule has 150 valence electrons. The van der Waals surface area contributed by atoms with Crippen molar-refractivity contribution in [3.8, 4) is 0 Å². The number of anilines is 2. The Morgan fingerprint density at radius 2 is 1.96 bits per heavy atom. The number of methoxy groups -OCH3 is 1. The first-order valence-electron chi connectivity index (χ1n) is 9.21. The van der Waals surface area contributed by atoms with Gasteiger partial charge in [0.1, 0.15) is 5.82 Å². The molecule has 0 bridgehead atoms. The molecular formula is C20H28N6O2. The van der Waals surface area contributed by atoms with Crippen LogP contribution in [0, 0.1) is 0 Å². The first kappa shape index (κ1) is 21.2. The molecule has 0 atom stereocenters. The summed E-state index contributed by atoms with van der Waals surface area (Å²) in [6.07, 6.45) is 3.59. The number of carbonyl (C=O) groups excluding carboxylic acids is 1. The van der Waals surface area contributed by atoms with Crippen molar-refractivity contribution in [2.24, 2.45) is 0 Å². The van der Waals surface area contributed by atoms with E-state index >= 15 is 0 Å². The second-order valence-corrected chi connectivity index (χ2v) is 6.10. The Morgan fingerprint density at radius 3 is 2.68 bits per heavy atom. The number of nitrogens with one attached hydrogen (secondary N) is 3. The second-order valence-electron chi connectivity index (χ2n) is 6.10. The number of ether oxygens (including phenoxy) is 1. The van der Waals surface area contributed by atoms with Crippen molar-refractivity contribution < 1.29 is 9.53 Å². The number of H-pyrrole nitrogens is 1. The van der Waals surface area contributed by atoms with Crippen LogP contribution in [0.25, 0.3) is 11.0 Å². The molecule has 8 heteroatoms. The van der Waals surface area contributed by atoms with Crippen LogP contribution in [0.2, 0.25) is 0 Å². The number of hydrogen-bond acceptors (Lipinski definition) is 6. The number of nitrogens with zero attached hydrogens (tertiary/aromatic N) is 3. The van der Waals surface area contributed by atoms with Crippen molar-refractivity contribution in [1.29, 1.82) is 0 Å². The molecular weight excluding hydrogens is 356 g/mol. The van der Waals surface area contributed by atoms with E-state index in [0.29, 0.717) is 13.1 Å². The third-order valence-electron chi connectivity index (χ3n) is 3.82. The Hall–Kier alpha value is -3.13. The third-order valence-corrected chi connectivity index (χ3v) is 3.82. The van der Waals surface area contributed by atoms with Gasteiger partial charge in [0.15, 0.2) is 0 Å². The molecule has 1 amide bonds. The number of aromatic nitrogens is 3. The Morgan fingerprint density at radius 1 is 1.14 bits per heavy atom. The maximum atomic E-state index is 10.4. The van der Waals surface area contributed by atoms with Gasteiger partial charge in [0.25, 0.3) is 0 Å². The van der Waals surface area contributed by atoms with Gasteiger partial charge in [0, 0.05) is 46.6 Å². The fourth-order valence-electron chi connectivity index (χ4n) is 2.34. The van der Waals surface area contributed by atoms with E-state index in [4.69, 9.17) is 4.74 Å². The number of fused-ring (bicyclic) bond motifs is 1. The van der Waals surface area contributed by atoms with Gasteiger partial charge in [0.05, 0.1) is 11.0 Å². The van der Waals surface area contributed by atoms with Crippen LogP contribution in [-0.2, 0) is 9.53 Å². The van der Waals surface area contributed by atoms with Gasteiger partial charge >= 0.3 is 0 Å². The zero-order chi connectivity index (χ0) is 20.0. The molecule has 3 rings (SSSR count). The quantitative estimate of drug-likeness (QED) is 0.367. The molecule has 0 aliphatic heterocycles. The fourth-order valence-corrected chi connectivity index (χ4v) is 2.34. The zero-order valence-electron chi connectivity index (χ0n) is 16.4. The van der Waals surface area contributed by atoms with Crippen LogP contribution in [0.3, 0.4) is 0 Å². The average Bonchev–Trinajstić information content (AvgIpc) is 3.15. The van der Waals surface area contributed by atoms with E-state index in [0.717, 1.165) is 48.8 Å². The zero-order valence-corrected chi connectivity index (χ0v) is 16.4. The summed E-state index contributed by atoms with van der Waals surface area (Å²) in [5.41, 5.74) is 1.95. The third kappa shape index (κ3) is 7.63. The summed E-state index contributed by atoms with van der Waals surface area (Å²) >= 11 is 0. The molecule has 1 aromatic carbocycles. The molecule has 0 saturated carbocycles. The summed E-state index contributed by atoms with van der Waals surface area (Å²) in [5.74, 6) is 1.66. The van der Waals surface area contributed by atoms with Gasteiger partial charge in [-0.2, -0.15) is 0 Å². The van der Waals surface area contributed by atoms with Crippen LogP contribution < -0.4 is 10.6 Å².